The van der Waals surface area contributed by atoms with Gasteiger partial charge in [-0.2, -0.15) is 0 Å². The number of amides is 1. The zero-order valence-electron chi connectivity index (χ0n) is 7.49. The van der Waals surface area contributed by atoms with E-state index in [0.29, 0.717) is 0 Å². The summed E-state index contributed by atoms with van der Waals surface area (Å²) < 4.78 is 25.0. The molecular formula is C7H4F2IN3O3. The minimum Gasteiger partial charge on any atom is -0.365 e. The van der Waals surface area contributed by atoms with Crippen LogP contribution in [0.5, 0.6) is 0 Å². The number of nitro groups is 1. The Kier molecular flexibility index (Phi) is 3.67. The largest absolute Gasteiger partial charge is 0.365 e. The number of pyridine rings is 1. The molecule has 2 N–H and O–H groups in total. The van der Waals surface area contributed by atoms with E-state index >= 15 is 0 Å². The zero-order valence-corrected chi connectivity index (χ0v) is 9.64. The predicted molar refractivity (Wildman–Crippen MR) is 57.1 cm³/mol. The Bertz CT molecular complexity index is 466. The lowest BCUT2D eigenvalue weighted by atomic mass is 10.1. The van der Waals surface area contributed by atoms with Gasteiger partial charge in [-0.1, -0.05) is 0 Å². The molecule has 0 aliphatic rings. The molecule has 16 heavy (non-hydrogen) atoms. The highest BCUT2D eigenvalue weighted by Gasteiger charge is 2.29. The number of nitrogens with two attached hydrogens (primary N) is 1. The molecule has 0 aromatic carbocycles. The molecule has 1 heterocycles. The minimum atomic E-state index is -3.05. The van der Waals surface area contributed by atoms with Gasteiger partial charge in [0.15, 0.2) is 0 Å². The first-order valence-corrected chi connectivity index (χ1v) is 4.84. The van der Waals surface area contributed by atoms with Crippen molar-refractivity contribution in [1.82, 2.24) is 4.98 Å². The highest BCUT2D eigenvalue weighted by Crippen LogP contribution is 2.31. The van der Waals surface area contributed by atoms with Crippen LogP contribution in [0.3, 0.4) is 0 Å². The second-order valence-electron chi connectivity index (χ2n) is 2.64. The lowest BCUT2D eigenvalue weighted by Crippen LogP contribution is -2.18. The SMILES string of the molecule is NC(=O)c1c([N+](=O)[O-])cnc(I)c1C(F)F. The second-order valence-corrected chi connectivity index (χ2v) is 3.67. The Labute approximate surface area is 101 Å². The molecule has 6 nitrogen and oxygen atoms in total. The van der Waals surface area contributed by atoms with Crippen LogP contribution in [0.25, 0.3) is 0 Å². The van der Waals surface area contributed by atoms with Gasteiger partial charge in [-0.25, -0.2) is 13.8 Å². The van der Waals surface area contributed by atoms with E-state index in [2.05, 4.69) is 4.98 Å². The van der Waals surface area contributed by atoms with E-state index in [1.807, 2.05) is 0 Å². The summed E-state index contributed by atoms with van der Waals surface area (Å²) in [6.45, 7) is 0. The smallest absolute Gasteiger partial charge is 0.300 e. The molecule has 1 aromatic rings. The third kappa shape index (κ3) is 2.23. The van der Waals surface area contributed by atoms with Gasteiger partial charge < -0.3 is 5.73 Å². The van der Waals surface area contributed by atoms with Gasteiger partial charge >= 0.3 is 5.69 Å². The average molecular weight is 343 g/mol. The van der Waals surface area contributed by atoms with Gasteiger partial charge in [-0.15, -0.1) is 0 Å². The van der Waals surface area contributed by atoms with Gasteiger partial charge in [0.2, 0.25) is 0 Å². The Balaban J connectivity index is 3.63. The average Bonchev–Trinajstić information content (AvgIpc) is 2.15. The van der Waals surface area contributed by atoms with E-state index in [4.69, 9.17) is 5.73 Å². The monoisotopic (exact) mass is 343 g/mol. The van der Waals surface area contributed by atoms with Gasteiger partial charge in [0.05, 0.1) is 10.5 Å². The van der Waals surface area contributed by atoms with Crippen molar-refractivity contribution < 1.29 is 18.5 Å². The van der Waals surface area contributed by atoms with Crippen molar-refractivity contribution in [3.05, 3.63) is 31.1 Å². The maximum atomic E-state index is 12.6. The lowest BCUT2D eigenvalue weighted by molar-refractivity contribution is -0.385. The summed E-state index contributed by atoms with van der Waals surface area (Å²) >= 11 is 1.45. The van der Waals surface area contributed by atoms with Crippen LogP contribution >= 0.6 is 22.6 Å². The van der Waals surface area contributed by atoms with Crippen molar-refractivity contribution in [2.75, 3.05) is 0 Å². The number of carbonyl (C=O) groups is 1. The van der Waals surface area contributed by atoms with Crippen LogP contribution in [0.1, 0.15) is 22.3 Å². The topological polar surface area (TPSA) is 99.1 Å². The van der Waals surface area contributed by atoms with Crippen molar-refractivity contribution >= 4 is 34.2 Å². The number of carbonyl (C=O) groups excluding carboxylic acids is 1. The molecule has 0 fully saturated rings. The molecule has 1 aromatic heterocycles. The molecule has 1 rings (SSSR count). The van der Waals surface area contributed by atoms with E-state index in [9.17, 15) is 23.7 Å². The van der Waals surface area contributed by atoms with Crippen LogP contribution in [-0.2, 0) is 0 Å². The maximum Gasteiger partial charge on any atom is 0.300 e. The van der Waals surface area contributed by atoms with Crippen molar-refractivity contribution in [3.63, 3.8) is 0 Å². The van der Waals surface area contributed by atoms with E-state index in [1.165, 1.54) is 22.6 Å². The Morgan fingerprint density at radius 1 is 1.62 bits per heavy atom. The standard InChI is InChI=1S/C7H4F2IN3O3/c8-5(9)4-3(7(11)14)2(13(15)16)1-12-6(4)10/h1,5H,(H2,11,14). The van der Waals surface area contributed by atoms with Crippen LogP contribution in [0.15, 0.2) is 6.20 Å². The van der Waals surface area contributed by atoms with E-state index in [0.717, 1.165) is 6.20 Å². The highest BCUT2D eigenvalue weighted by molar-refractivity contribution is 14.1. The summed E-state index contributed by atoms with van der Waals surface area (Å²) in [4.78, 5) is 23.9. The van der Waals surface area contributed by atoms with E-state index in [-0.39, 0.29) is 3.70 Å². The Hall–Kier alpha value is -1.39. The summed E-state index contributed by atoms with van der Waals surface area (Å²) in [5.41, 5.74) is 2.44. The van der Waals surface area contributed by atoms with Crippen LogP contribution in [0.2, 0.25) is 0 Å². The van der Waals surface area contributed by atoms with Crippen molar-refractivity contribution in [1.29, 1.82) is 0 Å². The number of rotatable bonds is 3. The van der Waals surface area contributed by atoms with Crippen molar-refractivity contribution in [2.24, 2.45) is 5.73 Å². The number of hydrogen-bond acceptors (Lipinski definition) is 4. The number of hydrogen-bond donors (Lipinski definition) is 1. The number of aromatic nitrogens is 1. The number of nitrogens with zero attached hydrogens (tertiary/aromatic N) is 2. The van der Waals surface area contributed by atoms with Gasteiger partial charge in [0.1, 0.15) is 15.5 Å². The van der Waals surface area contributed by atoms with Crippen molar-refractivity contribution in [2.45, 2.75) is 6.43 Å². The van der Waals surface area contributed by atoms with Crippen molar-refractivity contribution in [3.8, 4) is 0 Å². The molecule has 0 saturated carbocycles. The quantitative estimate of drug-likeness (QED) is 0.390. The summed E-state index contributed by atoms with van der Waals surface area (Å²) in [6.07, 6.45) is -2.32. The van der Waals surface area contributed by atoms with Gasteiger partial charge in [0.25, 0.3) is 12.3 Å². The van der Waals surface area contributed by atoms with E-state index in [1.54, 1.807) is 0 Å². The highest BCUT2D eigenvalue weighted by atomic mass is 127. The molecule has 0 radical (unpaired) electrons. The molecule has 86 valence electrons. The molecule has 0 aliphatic carbocycles. The first kappa shape index (κ1) is 12.7. The van der Waals surface area contributed by atoms with E-state index < -0.39 is 34.1 Å². The lowest BCUT2D eigenvalue weighted by Gasteiger charge is -2.07. The summed E-state index contributed by atoms with van der Waals surface area (Å²) in [5.74, 6) is -1.28. The third-order valence-corrected chi connectivity index (χ3v) is 2.57. The van der Waals surface area contributed by atoms with Crippen LogP contribution in [0.4, 0.5) is 14.5 Å². The van der Waals surface area contributed by atoms with Crippen LogP contribution in [0, 0.1) is 13.8 Å². The van der Waals surface area contributed by atoms with Gasteiger partial charge in [0, 0.05) is 0 Å². The Morgan fingerprint density at radius 3 is 2.56 bits per heavy atom. The first-order valence-electron chi connectivity index (χ1n) is 3.77. The van der Waals surface area contributed by atoms with Crippen LogP contribution < -0.4 is 5.73 Å². The molecule has 9 heteroatoms. The molecule has 0 spiro atoms. The molecule has 0 bridgehead atoms. The first-order chi connectivity index (χ1) is 7.36. The number of primary amides is 1. The summed E-state index contributed by atoms with van der Waals surface area (Å²) in [5, 5.41) is 10.5. The molecular weight excluding hydrogens is 339 g/mol. The fraction of sp³-hybridized carbons (Fsp3) is 0.143. The fourth-order valence-electron chi connectivity index (χ4n) is 1.09. The predicted octanol–water partition coefficient (Wildman–Crippen LogP) is 1.63. The molecule has 0 aliphatic heterocycles. The normalized spacial score (nSPS) is 10.5. The second kappa shape index (κ2) is 4.63. The number of halogens is 3. The zero-order chi connectivity index (χ0) is 12.5. The molecule has 0 saturated heterocycles. The minimum absolute atomic E-state index is 0.188. The third-order valence-electron chi connectivity index (χ3n) is 1.71. The number of alkyl halides is 2. The maximum absolute atomic E-state index is 12.6. The fourth-order valence-corrected chi connectivity index (χ4v) is 1.73. The molecule has 0 atom stereocenters. The van der Waals surface area contributed by atoms with Gasteiger partial charge in [-0.05, 0) is 22.6 Å². The molecule has 1 amide bonds. The van der Waals surface area contributed by atoms with Gasteiger partial charge in [-0.3, -0.25) is 14.9 Å². The molecule has 0 unspecified atom stereocenters. The Morgan fingerprint density at radius 2 is 2.19 bits per heavy atom. The summed E-state index contributed by atoms with van der Waals surface area (Å²) in [6, 6.07) is 0. The van der Waals surface area contributed by atoms with Crippen LogP contribution in [-0.4, -0.2) is 15.8 Å². The summed E-state index contributed by atoms with van der Waals surface area (Å²) in [7, 11) is 0.